The van der Waals surface area contributed by atoms with Crippen LogP contribution in [0.5, 0.6) is 0 Å². The Morgan fingerprint density at radius 1 is 0.625 bits per heavy atom. The molecule has 8 amide bonds. The highest BCUT2D eigenvalue weighted by molar-refractivity contribution is 6.23. The fourth-order valence-corrected chi connectivity index (χ4v) is 4.18. The molecule has 0 aromatic heterocycles. The monoisotopic (exact) mass is 556 g/mol. The van der Waals surface area contributed by atoms with Gasteiger partial charge in [0, 0.05) is 29.9 Å². The first-order valence-electron chi connectivity index (χ1n) is 12.3. The largest absolute Gasteiger partial charge is 0.349 e. The second-order valence-electron chi connectivity index (χ2n) is 8.63. The zero-order valence-electron chi connectivity index (χ0n) is 21.3. The Kier molecular flexibility index (Phi) is 7.70. The number of hydrogen-bond acceptors (Lipinski definition) is 8. The zero-order valence-corrected chi connectivity index (χ0v) is 21.3. The van der Waals surface area contributed by atoms with E-state index in [0.29, 0.717) is 0 Å². The Morgan fingerprint density at radius 3 is 1.35 bits per heavy atom. The summed E-state index contributed by atoms with van der Waals surface area (Å²) in [7, 11) is 0. The van der Waals surface area contributed by atoms with Gasteiger partial charge in [-0.2, -0.15) is 0 Å². The van der Waals surface area contributed by atoms with Gasteiger partial charge in [-0.15, -0.1) is 0 Å². The maximum absolute atomic E-state index is 12.5. The smallest absolute Gasteiger partial charge is 0.258 e. The van der Waals surface area contributed by atoms with Gasteiger partial charge >= 0.3 is 0 Å². The Bertz CT molecular complexity index is 1410. The number of carbonyl (C=O) groups excluding carboxylic acids is 8. The topological polar surface area (TPSA) is 209 Å². The third kappa shape index (κ3) is 5.27. The number of carbonyl (C=O) groups is 8. The minimum absolute atomic E-state index is 0. The summed E-state index contributed by atoms with van der Waals surface area (Å²) in [5, 5.41) is 14.2. The van der Waals surface area contributed by atoms with Crippen molar-refractivity contribution in [2.45, 2.75) is 25.9 Å². The van der Waals surface area contributed by atoms with Gasteiger partial charge in [0.15, 0.2) is 0 Å². The van der Waals surface area contributed by atoms with Crippen molar-refractivity contribution < 1.29 is 44.1 Å². The predicted octanol–water partition coefficient (Wildman–Crippen LogP) is -0.393. The minimum Gasteiger partial charge on any atom is -0.349 e. The van der Waals surface area contributed by atoms with Crippen LogP contribution in [0.3, 0.4) is 0 Å². The zero-order chi connectivity index (χ0) is 29.1. The van der Waals surface area contributed by atoms with Crippen molar-refractivity contribution in [1.29, 1.82) is 0 Å². The lowest BCUT2D eigenvalue weighted by Crippen LogP contribution is -2.66. The van der Waals surface area contributed by atoms with E-state index in [9.17, 15) is 38.4 Å². The molecular weight excluding hydrogens is 524 g/mol. The molecule has 0 saturated carbocycles. The Labute approximate surface area is 232 Å². The summed E-state index contributed by atoms with van der Waals surface area (Å²) in [6, 6.07) is 5.73. The molecule has 6 N–H and O–H groups in total. The summed E-state index contributed by atoms with van der Waals surface area (Å²) in [6.07, 6.45) is 0. The predicted molar refractivity (Wildman–Crippen MR) is 145 cm³/mol. The highest BCUT2D eigenvalue weighted by Gasteiger charge is 2.35. The molecule has 0 aliphatic carbocycles. The average Bonchev–Trinajstić information content (AvgIpc) is 3.41. The maximum atomic E-state index is 12.5. The normalized spacial score (nSPS) is 18.8. The molecule has 214 valence electrons. The van der Waals surface area contributed by atoms with Crippen LogP contribution in [0.25, 0.3) is 0 Å². The van der Waals surface area contributed by atoms with Gasteiger partial charge in [0.2, 0.25) is 11.8 Å². The van der Waals surface area contributed by atoms with Crippen molar-refractivity contribution in [2.24, 2.45) is 0 Å². The third-order valence-electron chi connectivity index (χ3n) is 6.20. The van der Waals surface area contributed by atoms with Crippen LogP contribution in [-0.4, -0.2) is 72.4 Å². The number of benzene rings is 2. The van der Waals surface area contributed by atoms with Crippen LogP contribution in [-0.2, 0) is 9.59 Å². The molecule has 2 aromatic carbocycles. The first-order chi connectivity index (χ1) is 19.1. The average molecular weight is 557 g/mol. The van der Waals surface area contributed by atoms with Crippen molar-refractivity contribution in [3.63, 3.8) is 0 Å². The number of fused-ring (bicyclic) bond motifs is 2. The lowest BCUT2D eigenvalue weighted by molar-refractivity contribution is -0.136. The lowest BCUT2D eigenvalue weighted by atomic mass is 10.0. The molecule has 2 atom stereocenters. The van der Waals surface area contributed by atoms with Crippen LogP contribution in [0.4, 0.5) is 0 Å². The van der Waals surface area contributed by atoms with E-state index < -0.39 is 59.3 Å². The van der Waals surface area contributed by atoms with Crippen molar-refractivity contribution in [2.75, 3.05) is 13.1 Å². The van der Waals surface area contributed by atoms with Gasteiger partial charge in [0.25, 0.3) is 35.4 Å². The van der Waals surface area contributed by atoms with Gasteiger partial charge in [0.05, 0.1) is 22.3 Å². The first kappa shape index (κ1) is 27.6. The van der Waals surface area contributed by atoms with Gasteiger partial charge in [-0.05, 0) is 36.4 Å². The minimum atomic E-state index is -1.09. The van der Waals surface area contributed by atoms with Gasteiger partial charge in [-0.1, -0.05) is 13.8 Å². The maximum Gasteiger partial charge on any atom is 0.258 e. The second kappa shape index (κ2) is 11.1. The summed E-state index contributed by atoms with van der Waals surface area (Å²) < 4.78 is 0. The Hall–Kier alpha value is -5.40. The van der Waals surface area contributed by atoms with Crippen molar-refractivity contribution >= 4 is 47.3 Å². The van der Waals surface area contributed by atoms with Crippen molar-refractivity contribution in [3.8, 4) is 0 Å². The van der Waals surface area contributed by atoms with Gasteiger partial charge in [-0.3, -0.25) is 49.0 Å². The van der Waals surface area contributed by atoms with Crippen LogP contribution >= 0.6 is 0 Å². The first-order valence-corrected chi connectivity index (χ1v) is 12.3. The molecule has 3 aliphatic heterocycles. The van der Waals surface area contributed by atoms with Gasteiger partial charge in [-0.25, -0.2) is 0 Å². The van der Waals surface area contributed by atoms with Crippen LogP contribution in [0, 0.1) is 0 Å². The standard InChI is InChI=1S/C24H18N6O8.C2H6.4H2/c31-17(9-1-3-11-13(5-9)21(35)29-19(11)33)25-7-15-23(37)28-16(24(38)27-15)8-26-18(32)10-2-4-12-14(6-10)22(36)30-20(12)34;1-2;;;;/h1-6,15-16H,7-8H2,(H,25,31)(H,26,32)(H,27,38)(H,28,37)(H,29,33,35)(H,30,34,36);1-2H3;4*1H. The molecule has 1 saturated heterocycles. The van der Waals surface area contributed by atoms with E-state index in [4.69, 9.17) is 0 Å². The van der Waals surface area contributed by atoms with Crippen LogP contribution in [0.15, 0.2) is 36.4 Å². The lowest BCUT2D eigenvalue weighted by Gasteiger charge is -2.29. The molecule has 3 aliphatic rings. The van der Waals surface area contributed by atoms with E-state index in [0.717, 1.165) is 0 Å². The molecule has 3 heterocycles. The summed E-state index contributed by atoms with van der Waals surface area (Å²) in [5.41, 5.74) is 0.608. The van der Waals surface area contributed by atoms with E-state index in [1.165, 1.54) is 36.4 Å². The van der Waals surface area contributed by atoms with E-state index in [1.54, 1.807) is 0 Å². The third-order valence-corrected chi connectivity index (χ3v) is 6.20. The fraction of sp³-hybridized carbons (Fsp3) is 0.231. The fourth-order valence-electron chi connectivity index (χ4n) is 4.18. The molecule has 2 aromatic rings. The quantitative estimate of drug-likeness (QED) is 0.257. The molecule has 1 fully saturated rings. The molecule has 0 radical (unpaired) electrons. The summed E-state index contributed by atoms with van der Waals surface area (Å²) in [5.74, 6) is -4.79. The van der Waals surface area contributed by atoms with Gasteiger partial charge < -0.3 is 21.3 Å². The summed E-state index contributed by atoms with van der Waals surface area (Å²) in [4.78, 5) is 96.8. The molecule has 14 heteroatoms. The second-order valence-corrected chi connectivity index (χ2v) is 8.63. The SMILES string of the molecule is CC.O=C(NCC1NC(=O)C(CNC(=O)c2ccc3c(c2)C(=O)NC3=O)NC1=O)c1ccc2c(c1)C(=O)NC2=O.[HH].[HH].[HH].[HH]. The van der Waals surface area contributed by atoms with Gasteiger partial charge in [0.1, 0.15) is 12.1 Å². The van der Waals surface area contributed by atoms with Crippen LogP contribution < -0.4 is 31.9 Å². The van der Waals surface area contributed by atoms with E-state index in [2.05, 4.69) is 31.9 Å². The number of rotatable bonds is 6. The number of imide groups is 2. The van der Waals surface area contributed by atoms with E-state index >= 15 is 0 Å². The van der Waals surface area contributed by atoms with Crippen LogP contribution in [0.1, 0.15) is 81.7 Å². The Balaban J connectivity index is 0.00000302. The molecule has 14 nitrogen and oxygen atoms in total. The number of nitrogens with one attached hydrogen (secondary N) is 6. The molecule has 2 unspecified atom stereocenters. The number of amides is 8. The van der Waals surface area contributed by atoms with E-state index in [1.807, 2.05) is 13.8 Å². The van der Waals surface area contributed by atoms with Crippen molar-refractivity contribution in [3.05, 3.63) is 69.8 Å². The highest BCUT2D eigenvalue weighted by atomic mass is 16.2. The summed E-state index contributed by atoms with van der Waals surface area (Å²) in [6.45, 7) is 3.49. The summed E-state index contributed by atoms with van der Waals surface area (Å²) >= 11 is 0. The van der Waals surface area contributed by atoms with E-state index in [-0.39, 0.29) is 52.2 Å². The number of piperazine rings is 1. The molecular formula is C26H32N6O8. The van der Waals surface area contributed by atoms with Crippen LogP contribution in [0.2, 0.25) is 0 Å². The molecule has 40 heavy (non-hydrogen) atoms. The molecule has 0 spiro atoms. The van der Waals surface area contributed by atoms with Crippen molar-refractivity contribution in [1.82, 2.24) is 31.9 Å². The number of hydrogen-bond donors (Lipinski definition) is 6. The molecule has 0 bridgehead atoms. The highest BCUT2D eigenvalue weighted by Crippen LogP contribution is 2.18. The Morgan fingerprint density at radius 2 is 0.975 bits per heavy atom. The molecule has 5 rings (SSSR count).